The van der Waals surface area contributed by atoms with Gasteiger partial charge in [-0.3, -0.25) is 0 Å². The van der Waals surface area contributed by atoms with E-state index in [1.807, 2.05) is 18.2 Å². The van der Waals surface area contributed by atoms with Crippen molar-refractivity contribution in [3.8, 4) is 11.5 Å². The summed E-state index contributed by atoms with van der Waals surface area (Å²) < 4.78 is 43.3. The molecule has 0 bridgehead atoms. The Morgan fingerprint density at radius 3 is 2.41 bits per heavy atom. The van der Waals surface area contributed by atoms with Crippen LogP contribution in [-0.2, 0) is 19.1 Å². The minimum absolute atomic E-state index is 0. The Hall–Kier alpha value is -1.72. The van der Waals surface area contributed by atoms with Crippen molar-refractivity contribution in [1.29, 1.82) is 0 Å². The predicted molar refractivity (Wildman–Crippen MR) is 80.6 cm³/mol. The van der Waals surface area contributed by atoms with E-state index in [0.29, 0.717) is 11.5 Å². The minimum atomic E-state index is -4.32. The highest BCUT2D eigenvalue weighted by atomic mass is 35.5. The quantitative estimate of drug-likeness (QED) is 0.871. The van der Waals surface area contributed by atoms with Crippen LogP contribution in [0.3, 0.4) is 0 Å². The molecular formula is C16H15ClF3NO. The summed E-state index contributed by atoms with van der Waals surface area (Å²) >= 11 is 0. The van der Waals surface area contributed by atoms with E-state index in [1.165, 1.54) is 17.7 Å². The van der Waals surface area contributed by atoms with E-state index in [1.54, 1.807) is 0 Å². The van der Waals surface area contributed by atoms with Gasteiger partial charge in [0.05, 0.1) is 5.56 Å². The van der Waals surface area contributed by atoms with Crippen molar-refractivity contribution in [2.75, 3.05) is 6.54 Å². The van der Waals surface area contributed by atoms with E-state index in [2.05, 4.69) is 5.32 Å². The van der Waals surface area contributed by atoms with Gasteiger partial charge in [-0.25, -0.2) is 0 Å². The molecular weight excluding hydrogens is 315 g/mol. The average Bonchev–Trinajstić information content (AvgIpc) is 2.47. The standard InChI is InChI=1S/C16H14F3NO.ClH/c17-16(18,19)12-4-6-13(7-5-12)21-15-3-1-2-11-10-20-9-8-14(11)15;/h1-7,20H,8-10H2;1H. The van der Waals surface area contributed by atoms with E-state index in [9.17, 15) is 13.2 Å². The summed E-state index contributed by atoms with van der Waals surface area (Å²) in [6, 6.07) is 10.5. The van der Waals surface area contributed by atoms with Crippen LogP contribution in [0.15, 0.2) is 42.5 Å². The zero-order valence-corrected chi connectivity index (χ0v) is 12.4. The molecule has 0 fully saturated rings. The number of rotatable bonds is 2. The summed E-state index contributed by atoms with van der Waals surface area (Å²) in [6.07, 6.45) is -3.47. The largest absolute Gasteiger partial charge is 0.457 e. The third-order valence-electron chi connectivity index (χ3n) is 3.51. The summed E-state index contributed by atoms with van der Waals surface area (Å²) in [5.41, 5.74) is 1.62. The van der Waals surface area contributed by atoms with Crippen molar-refractivity contribution in [3.63, 3.8) is 0 Å². The van der Waals surface area contributed by atoms with Crippen molar-refractivity contribution in [1.82, 2.24) is 5.32 Å². The fourth-order valence-corrected chi connectivity index (χ4v) is 2.43. The molecule has 0 radical (unpaired) electrons. The summed E-state index contributed by atoms with van der Waals surface area (Å²) in [5, 5.41) is 3.28. The van der Waals surface area contributed by atoms with Crippen LogP contribution < -0.4 is 10.1 Å². The van der Waals surface area contributed by atoms with Gasteiger partial charge in [-0.2, -0.15) is 13.2 Å². The van der Waals surface area contributed by atoms with Crippen LogP contribution in [0.4, 0.5) is 13.2 Å². The minimum Gasteiger partial charge on any atom is -0.457 e. The van der Waals surface area contributed by atoms with Crippen molar-refractivity contribution in [2.45, 2.75) is 19.1 Å². The van der Waals surface area contributed by atoms with E-state index in [-0.39, 0.29) is 12.4 Å². The average molecular weight is 330 g/mol. The van der Waals surface area contributed by atoms with Crippen LogP contribution in [0.25, 0.3) is 0 Å². The summed E-state index contributed by atoms with van der Waals surface area (Å²) in [7, 11) is 0. The monoisotopic (exact) mass is 329 g/mol. The molecule has 2 nitrogen and oxygen atoms in total. The first kappa shape index (κ1) is 16.6. The molecule has 0 aliphatic carbocycles. The van der Waals surface area contributed by atoms with Gasteiger partial charge in [0.15, 0.2) is 0 Å². The first-order valence-electron chi connectivity index (χ1n) is 6.70. The lowest BCUT2D eigenvalue weighted by molar-refractivity contribution is -0.137. The highest BCUT2D eigenvalue weighted by Gasteiger charge is 2.30. The van der Waals surface area contributed by atoms with Gasteiger partial charge in [-0.15, -0.1) is 12.4 Å². The number of hydrogen-bond donors (Lipinski definition) is 1. The second kappa shape index (κ2) is 6.58. The molecule has 1 heterocycles. The Labute approximate surface area is 132 Å². The molecule has 118 valence electrons. The lowest BCUT2D eigenvalue weighted by atomic mass is 10.0. The number of halogens is 4. The van der Waals surface area contributed by atoms with Crippen LogP contribution in [0.5, 0.6) is 11.5 Å². The van der Waals surface area contributed by atoms with Crippen LogP contribution >= 0.6 is 12.4 Å². The zero-order valence-electron chi connectivity index (χ0n) is 11.6. The first-order chi connectivity index (χ1) is 10.0. The molecule has 0 saturated heterocycles. The number of nitrogens with one attached hydrogen (secondary N) is 1. The highest BCUT2D eigenvalue weighted by Crippen LogP contribution is 2.33. The molecule has 0 saturated carbocycles. The van der Waals surface area contributed by atoms with Gasteiger partial charge in [0.1, 0.15) is 11.5 Å². The molecule has 22 heavy (non-hydrogen) atoms. The Kier molecular flexibility index (Phi) is 4.98. The molecule has 1 N–H and O–H groups in total. The Balaban J connectivity index is 0.00000176. The Morgan fingerprint density at radius 2 is 1.73 bits per heavy atom. The Morgan fingerprint density at radius 1 is 1.00 bits per heavy atom. The topological polar surface area (TPSA) is 21.3 Å². The molecule has 0 atom stereocenters. The molecule has 2 aromatic carbocycles. The van der Waals surface area contributed by atoms with E-state index < -0.39 is 11.7 Å². The van der Waals surface area contributed by atoms with Crippen LogP contribution in [-0.4, -0.2) is 6.54 Å². The molecule has 0 spiro atoms. The molecule has 1 aliphatic rings. The first-order valence-corrected chi connectivity index (χ1v) is 6.70. The lowest BCUT2D eigenvalue weighted by Gasteiger charge is -2.20. The molecule has 2 aromatic rings. The predicted octanol–water partition coefficient (Wildman–Crippen LogP) is 4.57. The number of fused-ring (bicyclic) bond motifs is 1. The lowest BCUT2D eigenvalue weighted by Crippen LogP contribution is -2.23. The maximum Gasteiger partial charge on any atom is 0.416 e. The van der Waals surface area contributed by atoms with E-state index in [0.717, 1.165) is 37.2 Å². The van der Waals surface area contributed by atoms with E-state index >= 15 is 0 Å². The fourth-order valence-electron chi connectivity index (χ4n) is 2.43. The van der Waals surface area contributed by atoms with Crippen LogP contribution in [0, 0.1) is 0 Å². The smallest absolute Gasteiger partial charge is 0.416 e. The van der Waals surface area contributed by atoms with Gasteiger partial charge in [0.25, 0.3) is 0 Å². The van der Waals surface area contributed by atoms with Gasteiger partial charge < -0.3 is 10.1 Å². The molecule has 0 aromatic heterocycles. The molecule has 0 unspecified atom stereocenters. The molecule has 1 aliphatic heterocycles. The number of benzene rings is 2. The second-order valence-electron chi connectivity index (χ2n) is 4.94. The van der Waals surface area contributed by atoms with Gasteiger partial charge in [0, 0.05) is 12.1 Å². The van der Waals surface area contributed by atoms with Crippen LogP contribution in [0.1, 0.15) is 16.7 Å². The Bertz CT molecular complexity index is 641. The molecule has 3 rings (SSSR count). The maximum absolute atomic E-state index is 12.5. The van der Waals surface area contributed by atoms with Crippen LogP contribution in [0.2, 0.25) is 0 Å². The molecule has 0 amide bonds. The summed E-state index contributed by atoms with van der Waals surface area (Å²) in [6.45, 7) is 1.67. The van der Waals surface area contributed by atoms with Gasteiger partial charge in [0.2, 0.25) is 0 Å². The summed E-state index contributed by atoms with van der Waals surface area (Å²) in [5.74, 6) is 1.13. The van der Waals surface area contributed by atoms with Crippen molar-refractivity contribution in [3.05, 3.63) is 59.2 Å². The van der Waals surface area contributed by atoms with Gasteiger partial charge in [-0.05, 0) is 48.9 Å². The third-order valence-corrected chi connectivity index (χ3v) is 3.51. The number of ether oxygens (including phenoxy) is 1. The van der Waals surface area contributed by atoms with E-state index in [4.69, 9.17) is 4.74 Å². The second-order valence-corrected chi connectivity index (χ2v) is 4.94. The SMILES string of the molecule is Cl.FC(F)(F)c1ccc(Oc2cccc3c2CCNC3)cc1. The van der Waals surface area contributed by atoms with Gasteiger partial charge >= 0.3 is 6.18 Å². The normalized spacial score (nSPS) is 14.0. The fraction of sp³-hybridized carbons (Fsp3) is 0.250. The summed E-state index contributed by atoms with van der Waals surface area (Å²) in [4.78, 5) is 0. The molecule has 6 heteroatoms. The van der Waals surface area contributed by atoms with Crippen molar-refractivity contribution < 1.29 is 17.9 Å². The van der Waals surface area contributed by atoms with Gasteiger partial charge in [-0.1, -0.05) is 12.1 Å². The highest BCUT2D eigenvalue weighted by molar-refractivity contribution is 5.85. The third kappa shape index (κ3) is 3.54. The number of alkyl halides is 3. The zero-order chi connectivity index (χ0) is 14.9. The van der Waals surface area contributed by atoms with Crippen molar-refractivity contribution in [2.24, 2.45) is 0 Å². The van der Waals surface area contributed by atoms with Crippen molar-refractivity contribution >= 4 is 12.4 Å². The maximum atomic E-state index is 12.5. The number of hydrogen-bond acceptors (Lipinski definition) is 2.